The standard InChI is InChI=1S/C19H13FN4O3S/c20-12-7-8-13(16(9-12)24(26)27)21-17(25)10-28-19-22-14-5-1-3-11-4-2-6-15(23-19)18(11)14/h1-9H,10H2,(H,21,25)(H,22,23). The smallest absolute Gasteiger partial charge is 0.295 e. The fraction of sp³-hybridized carbons (Fsp3) is 0.0526. The summed E-state index contributed by atoms with van der Waals surface area (Å²) in [5.41, 5.74) is 1.17. The number of carbonyl (C=O) groups excluding carboxylic acids is 1. The van der Waals surface area contributed by atoms with Crippen LogP contribution in [0.2, 0.25) is 0 Å². The Balaban J connectivity index is 1.47. The van der Waals surface area contributed by atoms with Crippen LogP contribution in [0.15, 0.2) is 59.6 Å². The maximum absolute atomic E-state index is 13.2. The van der Waals surface area contributed by atoms with Crippen LogP contribution in [-0.2, 0) is 4.79 Å². The number of anilines is 2. The van der Waals surface area contributed by atoms with Crippen molar-refractivity contribution in [3.63, 3.8) is 0 Å². The molecule has 3 aromatic carbocycles. The van der Waals surface area contributed by atoms with Gasteiger partial charge in [-0.1, -0.05) is 36.0 Å². The summed E-state index contributed by atoms with van der Waals surface area (Å²) in [5.74, 6) is -1.22. The third-order valence-electron chi connectivity index (χ3n) is 4.12. The quantitative estimate of drug-likeness (QED) is 0.493. The van der Waals surface area contributed by atoms with E-state index in [9.17, 15) is 19.3 Å². The number of nitro benzene ring substituents is 1. The van der Waals surface area contributed by atoms with E-state index in [1.54, 1.807) is 0 Å². The van der Waals surface area contributed by atoms with Crippen LogP contribution in [0, 0.1) is 15.9 Å². The molecule has 1 aliphatic rings. The molecule has 0 unspecified atom stereocenters. The highest BCUT2D eigenvalue weighted by Gasteiger charge is 2.19. The zero-order valence-electron chi connectivity index (χ0n) is 14.3. The number of nitrogens with zero attached hydrogens (tertiary/aromatic N) is 2. The molecule has 3 aromatic rings. The second-order valence-corrected chi connectivity index (χ2v) is 6.94. The molecule has 2 N–H and O–H groups in total. The Labute approximate surface area is 162 Å². The number of nitro groups is 1. The third-order valence-corrected chi connectivity index (χ3v) is 4.99. The van der Waals surface area contributed by atoms with Gasteiger partial charge in [-0.15, -0.1) is 0 Å². The summed E-state index contributed by atoms with van der Waals surface area (Å²) in [7, 11) is 0. The average molecular weight is 396 g/mol. The summed E-state index contributed by atoms with van der Waals surface area (Å²) in [4.78, 5) is 27.0. The second kappa shape index (κ2) is 7.28. The number of amidine groups is 1. The van der Waals surface area contributed by atoms with Crippen molar-refractivity contribution in [1.29, 1.82) is 0 Å². The van der Waals surface area contributed by atoms with Crippen LogP contribution in [0.3, 0.4) is 0 Å². The predicted molar refractivity (Wildman–Crippen MR) is 109 cm³/mol. The third kappa shape index (κ3) is 3.52. The van der Waals surface area contributed by atoms with Crippen LogP contribution in [0.1, 0.15) is 0 Å². The summed E-state index contributed by atoms with van der Waals surface area (Å²) in [6, 6.07) is 14.7. The monoisotopic (exact) mass is 396 g/mol. The molecule has 0 fully saturated rings. The molecule has 0 atom stereocenters. The fourth-order valence-electron chi connectivity index (χ4n) is 2.92. The normalized spacial score (nSPS) is 12.2. The Morgan fingerprint density at radius 3 is 2.79 bits per heavy atom. The van der Waals surface area contributed by atoms with Gasteiger partial charge in [-0.3, -0.25) is 14.9 Å². The molecule has 9 heteroatoms. The van der Waals surface area contributed by atoms with E-state index in [2.05, 4.69) is 15.6 Å². The molecule has 140 valence electrons. The molecule has 4 rings (SSSR count). The minimum absolute atomic E-state index is 0.0154. The van der Waals surface area contributed by atoms with E-state index in [0.717, 1.165) is 34.3 Å². The molecule has 28 heavy (non-hydrogen) atoms. The molecule has 0 aromatic heterocycles. The Hall–Kier alpha value is -3.46. The zero-order chi connectivity index (χ0) is 19.7. The number of hydrogen-bond donors (Lipinski definition) is 2. The minimum atomic E-state index is -0.743. The first-order chi connectivity index (χ1) is 13.5. The lowest BCUT2D eigenvalue weighted by Crippen LogP contribution is -2.19. The lowest BCUT2D eigenvalue weighted by atomic mass is 10.1. The molecule has 0 saturated carbocycles. The van der Waals surface area contributed by atoms with Crippen molar-refractivity contribution in [3.05, 3.63) is 70.5 Å². The van der Waals surface area contributed by atoms with E-state index in [4.69, 9.17) is 0 Å². The van der Waals surface area contributed by atoms with Gasteiger partial charge in [0.15, 0.2) is 5.17 Å². The van der Waals surface area contributed by atoms with Crippen molar-refractivity contribution in [3.8, 4) is 0 Å². The highest BCUT2D eigenvalue weighted by molar-refractivity contribution is 8.14. The number of hydrogen-bond acceptors (Lipinski definition) is 6. The topological polar surface area (TPSA) is 96.6 Å². The van der Waals surface area contributed by atoms with Gasteiger partial charge in [0.05, 0.1) is 28.1 Å². The Morgan fingerprint density at radius 2 is 2.00 bits per heavy atom. The van der Waals surface area contributed by atoms with E-state index in [1.807, 2.05) is 36.4 Å². The number of thioether (sulfide) groups is 1. The van der Waals surface area contributed by atoms with Crippen molar-refractivity contribution < 1.29 is 14.1 Å². The SMILES string of the molecule is O=C(CSC1=Nc2cccc3cccc(c23)N1)Nc1ccc(F)cc1[N+](=O)[O-]. The predicted octanol–water partition coefficient (Wildman–Crippen LogP) is 4.67. The van der Waals surface area contributed by atoms with Crippen molar-refractivity contribution in [1.82, 2.24) is 0 Å². The van der Waals surface area contributed by atoms with Crippen molar-refractivity contribution in [2.75, 3.05) is 16.4 Å². The van der Waals surface area contributed by atoms with Gasteiger partial charge in [0.25, 0.3) is 5.69 Å². The van der Waals surface area contributed by atoms with Gasteiger partial charge in [-0.25, -0.2) is 9.38 Å². The van der Waals surface area contributed by atoms with E-state index in [1.165, 1.54) is 17.8 Å². The maximum Gasteiger partial charge on any atom is 0.295 e. The lowest BCUT2D eigenvalue weighted by Gasteiger charge is -2.18. The fourth-order valence-corrected chi connectivity index (χ4v) is 3.61. The molecule has 0 aliphatic carbocycles. The zero-order valence-corrected chi connectivity index (χ0v) is 15.1. The summed E-state index contributed by atoms with van der Waals surface area (Å²) in [6.07, 6.45) is 0. The summed E-state index contributed by atoms with van der Waals surface area (Å²) in [5, 5.41) is 19.3. The maximum atomic E-state index is 13.2. The number of nitrogens with one attached hydrogen (secondary N) is 2. The van der Waals surface area contributed by atoms with Gasteiger partial charge in [-0.05, 0) is 29.7 Å². The summed E-state index contributed by atoms with van der Waals surface area (Å²) in [6.45, 7) is 0. The molecule has 1 heterocycles. The lowest BCUT2D eigenvalue weighted by molar-refractivity contribution is -0.384. The van der Waals surface area contributed by atoms with E-state index >= 15 is 0 Å². The minimum Gasteiger partial charge on any atom is -0.334 e. The summed E-state index contributed by atoms with van der Waals surface area (Å²) < 4.78 is 13.2. The van der Waals surface area contributed by atoms with Crippen LogP contribution in [0.5, 0.6) is 0 Å². The van der Waals surface area contributed by atoms with Crippen LogP contribution in [0.4, 0.5) is 27.1 Å². The van der Waals surface area contributed by atoms with Crippen LogP contribution < -0.4 is 10.6 Å². The van der Waals surface area contributed by atoms with E-state index < -0.39 is 22.3 Å². The van der Waals surface area contributed by atoms with Gasteiger partial charge < -0.3 is 10.6 Å². The highest BCUT2D eigenvalue weighted by Crippen LogP contribution is 2.37. The molecule has 7 nitrogen and oxygen atoms in total. The van der Waals surface area contributed by atoms with Gasteiger partial charge in [0.1, 0.15) is 11.5 Å². The van der Waals surface area contributed by atoms with Crippen molar-refractivity contribution in [2.24, 2.45) is 4.99 Å². The molecular weight excluding hydrogens is 383 g/mol. The average Bonchev–Trinajstić information content (AvgIpc) is 2.68. The van der Waals surface area contributed by atoms with Gasteiger partial charge in [0, 0.05) is 5.39 Å². The van der Waals surface area contributed by atoms with Crippen LogP contribution in [-0.4, -0.2) is 21.8 Å². The van der Waals surface area contributed by atoms with Crippen molar-refractivity contribution in [2.45, 2.75) is 0 Å². The first-order valence-corrected chi connectivity index (χ1v) is 9.24. The first-order valence-electron chi connectivity index (χ1n) is 8.25. The van der Waals surface area contributed by atoms with E-state index in [-0.39, 0.29) is 11.4 Å². The molecule has 0 spiro atoms. The van der Waals surface area contributed by atoms with Gasteiger partial charge in [0.2, 0.25) is 5.91 Å². The summed E-state index contributed by atoms with van der Waals surface area (Å²) >= 11 is 1.17. The van der Waals surface area contributed by atoms with Gasteiger partial charge >= 0.3 is 0 Å². The Bertz CT molecular complexity index is 1140. The molecule has 1 aliphatic heterocycles. The molecule has 0 bridgehead atoms. The van der Waals surface area contributed by atoms with Gasteiger partial charge in [-0.2, -0.15) is 0 Å². The number of aliphatic imine (C=N–C) groups is 1. The number of rotatable bonds is 4. The van der Waals surface area contributed by atoms with E-state index in [0.29, 0.717) is 5.17 Å². The van der Waals surface area contributed by atoms with Crippen LogP contribution >= 0.6 is 11.8 Å². The molecular formula is C19H13FN4O3S. The van der Waals surface area contributed by atoms with Crippen LogP contribution in [0.25, 0.3) is 10.8 Å². The number of benzene rings is 3. The number of amides is 1. The van der Waals surface area contributed by atoms with Crippen molar-refractivity contribution >= 4 is 56.4 Å². The second-order valence-electron chi connectivity index (χ2n) is 5.98. The number of halogens is 1. The number of carbonyl (C=O) groups is 1. The molecule has 0 radical (unpaired) electrons. The first kappa shape index (κ1) is 17.9. The Morgan fingerprint density at radius 1 is 1.21 bits per heavy atom. The molecule has 1 amide bonds. The molecule has 0 saturated heterocycles. The Kier molecular flexibility index (Phi) is 4.66. The highest BCUT2D eigenvalue weighted by atomic mass is 32.2. The largest absolute Gasteiger partial charge is 0.334 e.